The van der Waals surface area contributed by atoms with Gasteiger partial charge in [0.1, 0.15) is 0 Å². The van der Waals surface area contributed by atoms with Gasteiger partial charge in [-0.2, -0.15) is 0 Å². The van der Waals surface area contributed by atoms with Gasteiger partial charge in [0.2, 0.25) is 0 Å². The van der Waals surface area contributed by atoms with Gasteiger partial charge < -0.3 is 5.73 Å². The van der Waals surface area contributed by atoms with Crippen molar-refractivity contribution in [1.82, 2.24) is 0 Å². The lowest BCUT2D eigenvalue weighted by Crippen LogP contribution is -2.17. The molecule has 0 bridgehead atoms. The standard InChI is InChI=1S/C18H36N2/c1-2-3-4-5-6-7-8-9-10-11-14-17-15-12-13-16-18(19)20-17/h18H,2-16,19H2,1H3. The number of unbranched alkanes of at least 4 members (excludes halogenated alkanes) is 9. The molecule has 0 aromatic rings. The van der Waals surface area contributed by atoms with Crippen LogP contribution >= 0.6 is 0 Å². The zero-order chi connectivity index (χ0) is 14.5. The second-order valence-corrected chi connectivity index (χ2v) is 6.44. The van der Waals surface area contributed by atoms with Crippen LogP contribution in [0.2, 0.25) is 0 Å². The van der Waals surface area contributed by atoms with Gasteiger partial charge in [0.15, 0.2) is 0 Å². The van der Waals surface area contributed by atoms with Crippen LogP contribution in [0.25, 0.3) is 0 Å². The van der Waals surface area contributed by atoms with E-state index in [0.717, 1.165) is 6.42 Å². The van der Waals surface area contributed by atoms with Crippen LogP contribution in [-0.4, -0.2) is 11.9 Å². The molecule has 0 fully saturated rings. The zero-order valence-electron chi connectivity index (χ0n) is 13.7. The number of nitrogens with two attached hydrogens (primary N) is 1. The Morgan fingerprint density at radius 3 is 2.15 bits per heavy atom. The van der Waals surface area contributed by atoms with Crippen LogP contribution in [0, 0.1) is 0 Å². The number of nitrogens with zero attached hydrogens (tertiary/aromatic N) is 1. The Labute approximate surface area is 126 Å². The van der Waals surface area contributed by atoms with Crippen LogP contribution in [0.5, 0.6) is 0 Å². The Morgan fingerprint density at radius 1 is 0.900 bits per heavy atom. The molecule has 1 aliphatic heterocycles. The van der Waals surface area contributed by atoms with E-state index in [9.17, 15) is 0 Å². The summed E-state index contributed by atoms with van der Waals surface area (Å²) >= 11 is 0. The molecule has 1 atom stereocenters. The molecule has 0 aromatic carbocycles. The average molecular weight is 280 g/mol. The van der Waals surface area contributed by atoms with E-state index < -0.39 is 0 Å². The Bertz CT molecular complexity index is 248. The molecule has 1 aliphatic rings. The summed E-state index contributed by atoms with van der Waals surface area (Å²) in [6, 6.07) is 0. The highest BCUT2D eigenvalue weighted by atomic mass is 14.9. The second kappa shape index (κ2) is 12.4. The van der Waals surface area contributed by atoms with E-state index in [1.54, 1.807) is 0 Å². The molecular weight excluding hydrogens is 244 g/mol. The summed E-state index contributed by atoms with van der Waals surface area (Å²) in [5.41, 5.74) is 7.36. The van der Waals surface area contributed by atoms with E-state index in [2.05, 4.69) is 11.9 Å². The fourth-order valence-corrected chi connectivity index (χ4v) is 3.05. The first-order valence-electron chi connectivity index (χ1n) is 9.14. The third-order valence-corrected chi connectivity index (χ3v) is 4.38. The maximum absolute atomic E-state index is 5.96. The highest BCUT2D eigenvalue weighted by Gasteiger charge is 2.09. The minimum atomic E-state index is 0.0932. The highest BCUT2D eigenvalue weighted by molar-refractivity contribution is 5.84. The number of hydrogen-bond acceptors (Lipinski definition) is 2. The first kappa shape index (κ1) is 17.7. The van der Waals surface area contributed by atoms with Gasteiger partial charge in [0, 0.05) is 5.71 Å². The van der Waals surface area contributed by atoms with Crippen LogP contribution in [-0.2, 0) is 0 Å². The summed E-state index contributed by atoms with van der Waals surface area (Å²) in [7, 11) is 0. The van der Waals surface area contributed by atoms with Crippen LogP contribution in [0.4, 0.5) is 0 Å². The molecule has 0 saturated carbocycles. The molecule has 0 aromatic heterocycles. The third-order valence-electron chi connectivity index (χ3n) is 4.38. The Morgan fingerprint density at radius 2 is 1.50 bits per heavy atom. The summed E-state index contributed by atoms with van der Waals surface area (Å²) in [5.74, 6) is 0. The molecule has 1 heterocycles. The van der Waals surface area contributed by atoms with Crippen LogP contribution < -0.4 is 5.73 Å². The fourth-order valence-electron chi connectivity index (χ4n) is 3.05. The predicted octanol–water partition coefficient (Wildman–Crippen LogP) is 5.60. The first-order chi connectivity index (χ1) is 9.83. The van der Waals surface area contributed by atoms with E-state index in [-0.39, 0.29) is 6.17 Å². The maximum atomic E-state index is 5.96. The predicted molar refractivity (Wildman–Crippen MR) is 90.3 cm³/mol. The SMILES string of the molecule is CCCCCCCCCCCCC1=NC(N)CCCC1. The van der Waals surface area contributed by atoms with E-state index in [1.807, 2.05) is 0 Å². The topological polar surface area (TPSA) is 38.4 Å². The van der Waals surface area contributed by atoms with Gasteiger partial charge in [-0.15, -0.1) is 0 Å². The summed E-state index contributed by atoms with van der Waals surface area (Å²) in [6.45, 7) is 2.28. The van der Waals surface area contributed by atoms with Crippen molar-refractivity contribution in [3.8, 4) is 0 Å². The molecule has 0 amide bonds. The lowest BCUT2D eigenvalue weighted by Gasteiger charge is -2.06. The summed E-state index contributed by atoms with van der Waals surface area (Å²) in [6.07, 6.45) is 20.2. The van der Waals surface area contributed by atoms with Crippen LogP contribution in [0.1, 0.15) is 103 Å². The van der Waals surface area contributed by atoms with Crippen molar-refractivity contribution >= 4 is 5.71 Å². The minimum Gasteiger partial charge on any atom is -0.310 e. The largest absolute Gasteiger partial charge is 0.310 e. The van der Waals surface area contributed by atoms with E-state index in [4.69, 9.17) is 5.73 Å². The summed E-state index contributed by atoms with van der Waals surface area (Å²) in [4.78, 5) is 4.65. The highest BCUT2D eigenvalue weighted by Crippen LogP contribution is 2.16. The van der Waals surface area contributed by atoms with E-state index in [1.165, 1.54) is 95.6 Å². The van der Waals surface area contributed by atoms with Crippen molar-refractivity contribution in [2.75, 3.05) is 0 Å². The van der Waals surface area contributed by atoms with Gasteiger partial charge in [-0.25, -0.2) is 0 Å². The summed E-state index contributed by atoms with van der Waals surface area (Å²) < 4.78 is 0. The van der Waals surface area contributed by atoms with Crippen molar-refractivity contribution in [1.29, 1.82) is 0 Å². The average Bonchev–Trinajstić information content (AvgIpc) is 2.65. The van der Waals surface area contributed by atoms with Gasteiger partial charge in [-0.1, -0.05) is 64.7 Å². The molecule has 1 unspecified atom stereocenters. The lowest BCUT2D eigenvalue weighted by molar-refractivity contribution is 0.558. The van der Waals surface area contributed by atoms with Crippen molar-refractivity contribution in [2.45, 2.75) is 109 Å². The van der Waals surface area contributed by atoms with Gasteiger partial charge in [0.05, 0.1) is 6.17 Å². The molecule has 2 N–H and O–H groups in total. The molecule has 1 rings (SSSR count). The first-order valence-corrected chi connectivity index (χ1v) is 9.14. The van der Waals surface area contributed by atoms with Crippen molar-refractivity contribution in [3.05, 3.63) is 0 Å². The lowest BCUT2D eigenvalue weighted by atomic mass is 10.0. The quantitative estimate of drug-likeness (QED) is 0.492. The Kier molecular flexibility index (Phi) is 10.9. The summed E-state index contributed by atoms with van der Waals surface area (Å²) in [5, 5.41) is 0. The van der Waals surface area contributed by atoms with Crippen molar-refractivity contribution in [3.63, 3.8) is 0 Å². The van der Waals surface area contributed by atoms with Crippen molar-refractivity contribution in [2.24, 2.45) is 10.7 Å². The van der Waals surface area contributed by atoms with Gasteiger partial charge >= 0.3 is 0 Å². The molecule has 0 saturated heterocycles. The monoisotopic (exact) mass is 280 g/mol. The van der Waals surface area contributed by atoms with Gasteiger partial charge in [-0.3, -0.25) is 4.99 Å². The van der Waals surface area contributed by atoms with Gasteiger partial charge in [-0.05, 0) is 38.5 Å². The maximum Gasteiger partial charge on any atom is 0.0968 e. The molecule has 0 spiro atoms. The molecule has 2 nitrogen and oxygen atoms in total. The van der Waals surface area contributed by atoms with E-state index in [0.29, 0.717) is 0 Å². The zero-order valence-corrected chi connectivity index (χ0v) is 13.7. The van der Waals surface area contributed by atoms with Gasteiger partial charge in [0.25, 0.3) is 0 Å². The minimum absolute atomic E-state index is 0.0932. The normalized spacial score (nSPS) is 19.7. The van der Waals surface area contributed by atoms with Crippen LogP contribution in [0.15, 0.2) is 4.99 Å². The molecule has 0 aliphatic carbocycles. The third kappa shape index (κ3) is 9.52. The molecule has 2 heteroatoms. The molecule has 0 radical (unpaired) electrons. The van der Waals surface area contributed by atoms with Crippen molar-refractivity contribution < 1.29 is 0 Å². The number of rotatable bonds is 11. The Balaban J connectivity index is 1.89. The molecule has 20 heavy (non-hydrogen) atoms. The molecule has 118 valence electrons. The number of aliphatic imine (C=N–C) groups is 1. The second-order valence-electron chi connectivity index (χ2n) is 6.44. The Hall–Kier alpha value is -0.370. The smallest absolute Gasteiger partial charge is 0.0968 e. The van der Waals surface area contributed by atoms with E-state index >= 15 is 0 Å². The number of hydrogen-bond donors (Lipinski definition) is 1. The van der Waals surface area contributed by atoms with Crippen LogP contribution in [0.3, 0.4) is 0 Å². The fraction of sp³-hybridized carbons (Fsp3) is 0.944. The molecular formula is C18H36N2.